The molecule has 0 unspecified atom stereocenters. The van der Waals surface area contributed by atoms with Gasteiger partial charge in [0, 0.05) is 19.3 Å². The Morgan fingerprint density at radius 2 is 1.70 bits per heavy atom. The second-order valence-electron chi connectivity index (χ2n) is 4.64. The summed E-state index contributed by atoms with van der Waals surface area (Å²) < 4.78 is 10.5. The Bertz CT molecular complexity index is 676. The summed E-state index contributed by atoms with van der Waals surface area (Å²) in [5, 5.41) is 14.1. The molecule has 0 saturated heterocycles. The van der Waals surface area contributed by atoms with Crippen LogP contribution in [0, 0.1) is 11.3 Å². The van der Waals surface area contributed by atoms with Crippen LogP contribution in [-0.4, -0.2) is 26.3 Å². The number of methoxy groups -OCH3 is 1. The second-order valence-corrected chi connectivity index (χ2v) is 4.64. The number of rotatable bonds is 6. The van der Waals surface area contributed by atoms with E-state index in [1.54, 1.807) is 55.6 Å². The van der Waals surface area contributed by atoms with E-state index in [1.807, 2.05) is 0 Å². The Hall–Kier alpha value is -3.04. The molecule has 0 atom stereocenters. The van der Waals surface area contributed by atoms with E-state index in [1.165, 1.54) is 0 Å². The first kappa shape index (κ1) is 16.3. The van der Waals surface area contributed by atoms with E-state index in [9.17, 15) is 4.79 Å². The number of carbonyl (C=O) groups excluding carboxylic acids is 1. The van der Waals surface area contributed by atoms with Crippen LogP contribution in [0.1, 0.15) is 5.56 Å². The van der Waals surface area contributed by atoms with Crippen molar-refractivity contribution in [1.82, 2.24) is 5.32 Å². The molecule has 6 nitrogen and oxygen atoms in total. The Labute approximate surface area is 134 Å². The predicted octanol–water partition coefficient (Wildman–Crippen LogP) is 3.12. The van der Waals surface area contributed by atoms with Gasteiger partial charge in [0.25, 0.3) is 0 Å². The Morgan fingerprint density at radius 3 is 2.26 bits per heavy atom. The zero-order valence-corrected chi connectivity index (χ0v) is 12.7. The van der Waals surface area contributed by atoms with Gasteiger partial charge >= 0.3 is 6.03 Å². The smallest absolute Gasteiger partial charge is 0.319 e. The van der Waals surface area contributed by atoms with Crippen molar-refractivity contribution in [1.29, 1.82) is 5.26 Å². The van der Waals surface area contributed by atoms with E-state index < -0.39 is 0 Å². The van der Waals surface area contributed by atoms with Gasteiger partial charge in [-0.05, 0) is 48.5 Å². The summed E-state index contributed by atoms with van der Waals surface area (Å²) >= 11 is 0. The summed E-state index contributed by atoms with van der Waals surface area (Å²) in [5.74, 6) is 1.28. The fraction of sp³-hybridized carbons (Fsp3) is 0.176. The van der Waals surface area contributed by atoms with Crippen LogP contribution in [0.5, 0.6) is 11.5 Å². The normalized spacial score (nSPS) is 9.74. The molecule has 0 saturated carbocycles. The highest BCUT2D eigenvalue weighted by atomic mass is 16.5. The molecule has 0 aliphatic rings. The molecule has 2 aromatic rings. The molecule has 6 heteroatoms. The number of benzene rings is 2. The lowest BCUT2D eigenvalue weighted by Crippen LogP contribution is -2.31. The minimum atomic E-state index is -0.289. The first-order valence-corrected chi connectivity index (χ1v) is 7.03. The summed E-state index contributed by atoms with van der Waals surface area (Å²) in [6.07, 6.45) is 0. The number of nitriles is 1. The van der Waals surface area contributed by atoms with E-state index in [2.05, 4.69) is 16.7 Å². The van der Waals surface area contributed by atoms with Gasteiger partial charge < -0.3 is 20.1 Å². The van der Waals surface area contributed by atoms with Crippen LogP contribution in [-0.2, 0) is 4.74 Å². The summed E-state index contributed by atoms with van der Waals surface area (Å²) in [7, 11) is 1.58. The molecule has 0 fully saturated rings. The number of ether oxygens (including phenoxy) is 2. The molecular formula is C17H17N3O3. The van der Waals surface area contributed by atoms with E-state index in [0.29, 0.717) is 35.9 Å². The maximum atomic E-state index is 11.6. The molecule has 23 heavy (non-hydrogen) atoms. The third kappa shape index (κ3) is 5.34. The van der Waals surface area contributed by atoms with Gasteiger partial charge in [-0.3, -0.25) is 0 Å². The van der Waals surface area contributed by atoms with Crippen molar-refractivity contribution in [2.75, 3.05) is 25.6 Å². The fourth-order valence-corrected chi connectivity index (χ4v) is 1.78. The molecular weight excluding hydrogens is 294 g/mol. The first-order chi connectivity index (χ1) is 11.2. The van der Waals surface area contributed by atoms with E-state index >= 15 is 0 Å². The van der Waals surface area contributed by atoms with Crippen molar-refractivity contribution in [3.05, 3.63) is 54.1 Å². The lowest BCUT2D eigenvalue weighted by atomic mass is 10.2. The summed E-state index contributed by atoms with van der Waals surface area (Å²) in [4.78, 5) is 11.6. The third-order valence-corrected chi connectivity index (χ3v) is 2.92. The van der Waals surface area contributed by atoms with E-state index in [4.69, 9.17) is 14.7 Å². The summed E-state index contributed by atoms with van der Waals surface area (Å²) in [5.41, 5.74) is 1.24. The minimum absolute atomic E-state index is 0.289. The Balaban J connectivity index is 1.88. The summed E-state index contributed by atoms with van der Waals surface area (Å²) in [6, 6.07) is 15.6. The number of nitrogens with zero attached hydrogens (tertiary/aromatic N) is 1. The highest BCUT2D eigenvalue weighted by Gasteiger charge is 2.02. The van der Waals surface area contributed by atoms with Gasteiger partial charge in [0.2, 0.25) is 0 Å². The SMILES string of the molecule is COCCNC(=O)Nc1ccc(Oc2ccc(C#N)cc2)cc1. The number of hydrogen-bond acceptors (Lipinski definition) is 4. The molecule has 0 spiro atoms. The van der Waals surface area contributed by atoms with Crippen LogP contribution in [0.4, 0.5) is 10.5 Å². The predicted molar refractivity (Wildman–Crippen MR) is 86.6 cm³/mol. The van der Waals surface area contributed by atoms with Gasteiger partial charge in [-0.25, -0.2) is 4.79 Å². The van der Waals surface area contributed by atoms with Gasteiger partial charge in [-0.1, -0.05) is 0 Å². The quantitative estimate of drug-likeness (QED) is 0.803. The number of amides is 2. The molecule has 0 aliphatic carbocycles. The van der Waals surface area contributed by atoms with Crippen molar-refractivity contribution in [2.45, 2.75) is 0 Å². The average molecular weight is 311 g/mol. The minimum Gasteiger partial charge on any atom is -0.457 e. The molecule has 0 radical (unpaired) electrons. The van der Waals surface area contributed by atoms with Crippen LogP contribution < -0.4 is 15.4 Å². The monoisotopic (exact) mass is 311 g/mol. The van der Waals surface area contributed by atoms with Gasteiger partial charge in [-0.2, -0.15) is 5.26 Å². The van der Waals surface area contributed by atoms with Crippen LogP contribution in [0.3, 0.4) is 0 Å². The molecule has 0 bridgehead atoms. The Kier molecular flexibility index (Phi) is 5.98. The number of carbonyl (C=O) groups is 1. The zero-order valence-electron chi connectivity index (χ0n) is 12.7. The molecule has 2 rings (SSSR count). The van der Waals surface area contributed by atoms with Crippen LogP contribution >= 0.6 is 0 Å². The van der Waals surface area contributed by atoms with Gasteiger partial charge in [-0.15, -0.1) is 0 Å². The van der Waals surface area contributed by atoms with E-state index in [-0.39, 0.29) is 6.03 Å². The maximum Gasteiger partial charge on any atom is 0.319 e. The van der Waals surface area contributed by atoms with Crippen LogP contribution in [0.15, 0.2) is 48.5 Å². The molecule has 0 aliphatic heterocycles. The van der Waals surface area contributed by atoms with Crippen LogP contribution in [0.2, 0.25) is 0 Å². The average Bonchev–Trinajstić information content (AvgIpc) is 2.57. The standard InChI is InChI=1S/C17H17N3O3/c1-22-11-10-19-17(21)20-14-4-8-16(9-5-14)23-15-6-2-13(12-18)3-7-15/h2-9H,10-11H2,1H3,(H2,19,20,21). The number of nitrogens with one attached hydrogen (secondary N) is 2. The molecule has 0 heterocycles. The van der Waals surface area contributed by atoms with Gasteiger partial charge in [0.15, 0.2) is 0 Å². The van der Waals surface area contributed by atoms with Gasteiger partial charge in [0.05, 0.1) is 18.2 Å². The lowest BCUT2D eigenvalue weighted by Gasteiger charge is -2.09. The van der Waals surface area contributed by atoms with Gasteiger partial charge in [0.1, 0.15) is 11.5 Å². The van der Waals surface area contributed by atoms with Crippen molar-refractivity contribution in [3.63, 3.8) is 0 Å². The number of urea groups is 1. The topological polar surface area (TPSA) is 83.4 Å². The molecule has 118 valence electrons. The largest absolute Gasteiger partial charge is 0.457 e. The molecule has 2 amide bonds. The fourth-order valence-electron chi connectivity index (χ4n) is 1.78. The van der Waals surface area contributed by atoms with Crippen molar-refractivity contribution < 1.29 is 14.3 Å². The highest BCUT2D eigenvalue weighted by Crippen LogP contribution is 2.23. The van der Waals surface area contributed by atoms with Crippen molar-refractivity contribution in [3.8, 4) is 17.6 Å². The Morgan fingerprint density at radius 1 is 1.09 bits per heavy atom. The lowest BCUT2D eigenvalue weighted by molar-refractivity contribution is 0.198. The highest BCUT2D eigenvalue weighted by molar-refractivity contribution is 5.89. The third-order valence-electron chi connectivity index (χ3n) is 2.92. The number of anilines is 1. The van der Waals surface area contributed by atoms with Crippen molar-refractivity contribution in [2.24, 2.45) is 0 Å². The molecule has 0 aromatic heterocycles. The zero-order chi connectivity index (χ0) is 16.5. The number of hydrogen-bond donors (Lipinski definition) is 2. The second kappa shape index (κ2) is 8.41. The first-order valence-electron chi connectivity index (χ1n) is 7.03. The van der Waals surface area contributed by atoms with E-state index in [0.717, 1.165) is 0 Å². The van der Waals surface area contributed by atoms with Crippen LogP contribution in [0.25, 0.3) is 0 Å². The van der Waals surface area contributed by atoms with Crippen molar-refractivity contribution >= 4 is 11.7 Å². The molecule has 2 aromatic carbocycles. The maximum absolute atomic E-state index is 11.6. The molecule has 2 N–H and O–H groups in total. The summed E-state index contributed by atoms with van der Waals surface area (Å²) in [6.45, 7) is 0.910.